The molecule has 2 aromatic carbocycles. The van der Waals surface area contributed by atoms with Gasteiger partial charge in [-0.1, -0.05) is 24.3 Å². The zero-order valence-corrected chi connectivity index (χ0v) is 35.7. The number of methoxy groups -OCH3 is 1. The van der Waals surface area contributed by atoms with Crippen LogP contribution in [0.25, 0.3) is 10.9 Å². The molecule has 17 nitrogen and oxygen atoms in total. The highest BCUT2D eigenvalue weighted by molar-refractivity contribution is 6.09. The van der Waals surface area contributed by atoms with Crippen LogP contribution in [0.3, 0.4) is 0 Å². The number of hydrogen-bond donors (Lipinski definition) is 6. The number of carbonyl (C=O) groups excluding carboxylic acids is 5. The molecule has 2 fully saturated rings. The molecule has 330 valence electrons. The zero-order chi connectivity index (χ0) is 44.1. The molecular weight excluding hydrogens is 797 g/mol. The maximum atomic E-state index is 13.7. The predicted molar refractivity (Wildman–Crippen MR) is 231 cm³/mol. The molecule has 2 saturated heterocycles. The van der Waals surface area contributed by atoms with Crippen LogP contribution >= 0.6 is 0 Å². The van der Waals surface area contributed by atoms with Crippen molar-refractivity contribution in [2.75, 3.05) is 58.4 Å². The highest BCUT2D eigenvalue weighted by Gasteiger charge is 2.45. The van der Waals surface area contributed by atoms with E-state index in [1.165, 1.54) is 7.11 Å². The summed E-state index contributed by atoms with van der Waals surface area (Å²) in [5.41, 5.74) is 4.42. The average Bonchev–Trinajstić information content (AvgIpc) is 3.69. The van der Waals surface area contributed by atoms with E-state index in [1.807, 2.05) is 25.1 Å². The number of ether oxygens (including phenoxy) is 2. The molecule has 4 aromatic rings. The van der Waals surface area contributed by atoms with E-state index in [0.29, 0.717) is 58.4 Å². The number of carbonyl (C=O) groups is 5. The molecule has 3 atom stereocenters. The summed E-state index contributed by atoms with van der Waals surface area (Å²) in [7, 11) is 1.51. The number of aryl methyl sites for hydroxylation is 1. The number of nitrogens with one attached hydrogen (secondary N) is 5. The Labute approximate surface area is 359 Å². The Balaban J connectivity index is 0.822. The van der Waals surface area contributed by atoms with Gasteiger partial charge in [-0.2, -0.15) is 0 Å². The Hall–Kier alpha value is -6.04. The van der Waals surface area contributed by atoms with Gasteiger partial charge in [0.05, 0.1) is 38.0 Å². The summed E-state index contributed by atoms with van der Waals surface area (Å²) in [6.45, 7) is 9.93. The summed E-state index contributed by atoms with van der Waals surface area (Å²) in [4.78, 5) is 82.5. The first-order valence-electron chi connectivity index (χ1n) is 21.3. The summed E-state index contributed by atoms with van der Waals surface area (Å²) in [5.74, 6) is -1.00. The molecule has 2 aromatic heterocycles. The Morgan fingerprint density at radius 1 is 0.968 bits per heavy atom. The molecule has 7 rings (SSSR count). The standard InChI is InChI=1S/C45H56N8O9/c1-26-24-36(61-4)32(41(56)49-26)25-48-43(58)39-28(3)52(34-11-6-5-8-30(34)39)27(2)29-14-19-51(20-15-29)21-17-47-37(54)16-22-62-23-18-46-33-10-7-9-31-40(33)45(60)53(44(31)59)35-12-13-38(55)50-42(35)57/h5-11,24,27,29,35,45-46,60H,12-23,25H2,1-4H3,(H,47,54)(H,48,58)(H,49,56)(H,50,55,57)/t27-,35?,45?/m0/s1. The van der Waals surface area contributed by atoms with Crippen LogP contribution in [0.5, 0.6) is 5.75 Å². The largest absolute Gasteiger partial charge is 0.496 e. The van der Waals surface area contributed by atoms with E-state index in [0.717, 1.165) is 54.0 Å². The third-order valence-corrected chi connectivity index (χ3v) is 12.4. The second-order valence-corrected chi connectivity index (χ2v) is 16.2. The molecule has 0 aliphatic carbocycles. The van der Waals surface area contributed by atoms with E-state index < -0.39 is 30.0 Å². The molecule has 3 aliphatic heterocycles. The SMILES string of the molecule is COc1cc(C)[nH]c(=O)c1CNC(=O)c1c(C)n([C@@H](C)C2CCN(CCNC(=O)CCOCCNc3cccc4c3C(O)N(C3CCC(=O)NC3=O)C4=O)CC2)c2ccccc12. The fourth-order valence-electron chi connectivity index (χ4n) is 9.16. The fraction of sp³-hybridized carbons (Fsp3) is 0.467. The van der Waals surface area contributed by atoms with Crippen LogP contribution in [0.15, 0.2) is 53.3 Å². The predicted octanol–water partition coefficient (Wildman–Crippen LogP) is 3.04. The van der Waals surface area contributed by atoms with Crippen LogP contribution in [0, 0.1) is 19.8 Å². The third-order valence-electron chi connectivity index (χ3n) is 12.4. The number of aromatic amines is 1. The summed E-state index contributed by atoms with van der Waals surface area (Å²) in [5, 5.41) is 23.3. The lowest BCUT2D eigenvalue weighted by atomic mass is 9.90. The van der Waals surface area contributed by atoms with Gasteiger partial charge in [-0.05, 0) is 83.3 Å². The van der Waals surface area contributed by atoms with Crippen molar-refractivity contribution in [2.24, 2.45) is 5.92 Å². The van der Waals surface area contributed by atoms with Gasteiger partial charge in [-0.3, -0.25) is 39.0 Å². The molecule has 5 amide bonds. The highest BCUT2D eigenvalue weighted by Crippen LogP contribution is 2.40. The minimum absolute atomic E-state index is 0.0317. The Morgan fingerprint density at radius 2 is 1.74 bits per heavy atom. The Kier molecular flexibility index (Phi) is 13.7. The number of aliphatic hydroxyl groups excluding tert-OH is 1. The number of pyridine rings is 1. The third kappa shape index (κ3) is 9.24. The monoisotopic (exact) mass is 852 g/mol. The molecule has 0 saturated carbocycles. The van der Waals surface area contributed by atoms with Crippen LogP contribution in [-0.2, 0) is 25.7 Å². The number of H-pyrrole nitrogens is 1. The number of para-hydroxylation sites is 1. The van der Waals surface area contributed by atoms with E-state index in [4.69, 9.17) is 9.47 Å². The number of benzene rings is 2. The van der Waals surface area contributed by atoms with Crippen molar-refractivity contribution in [3.63, 3.8) is 0 Å². The first kappa shape index (κ1) is 44.0. The number of nitrogens with zero attached hydrogens (tertiary/aromatic N) is 3. The first-order valence-corrected chi connectivity index (χ1v) is 21.3. The van der Waals surface area contributed by atoms with Crippen LogP contribution in [-0.4, -0.2) is 113 Å². The van der Waals surface area contributed by atoms with E-state index in [2.05, 4.69) is 48.7 Å². The number of imide groups is 1. The molecule has 0 bridgehead atoms. The summed E-state index contributed by atoms with van der Waals surface area (Å²) in [6.07, 6.45) is 1.04. The van der Waals surface area contributed by atoms with Gasteiger partial charge in [0, 0.05) is 77.6 Å². The van der Waals surface area contributed by atoms with Crippen molar-refractivity contribution in [3.05, 3.63) is 92.5 Å². The molecule has 0 spiro atoms. The van der Waals surface area contributed by atoms with Crippen molar-refractivity contribution in [2.45, 2.75) is 77.7 Å². The summed E-state index contributed by atoms with van der Waals surface area (Å²) < 4.78 is 13.4. The molecule has 6 N–H and O–H groups in total. The van der Waals surface area contributed by atoms with Gasteiger partial charge < -0.3 is 45.0 Å². The number of rotatable bonds is 17. The maximum absolute atomic E-state index is 13.7. The number of likely N-dealkylation sites (tertiary alicyclic amines) is 1. The zero-order valence-electron chi connectivity index (χ0n) is 35.7. The molecule has 62 heavy (non-hydrogen) atoms. The van der Waals surface area contributed by atoms with Gasteiger partial charge in [0.2, 0.25) is 17.7 Å². The normalized spacial score (nSPS) is 18.7. The first-order chi connectivity index (χ1) is 29.9. The molecule has 17 heteroatoms. The average molecular weight is 853 g/mol. The van der Waals surface area contributed by atoms with Crippen molar-refractivity contribution in [1.82, 2.24) is 35.3 Å². The Morgan fingerprint density at radius 3 is 2.50 bits per heavy atom. The molecule has 5 heterocycles. The maximum Gasteiger partial charge on any atom is 0.257 e. The quantitative estimate of drug-likeness (QED) is 0.0671. The highest BCUT2D eigenvalue weighted by atomic mass is 16.5. The lowest BCUT2D eigenvalue weighted by Crippen LogP contribution is -2.53. The lowest BCUT2D eigenvalue weighted by Gasteiger charge is -2.36. The van der Waals surface area contributed by atoms with Gasteiger partial charge in [0.25, 0.3) is 17.4 Å². The van der Waals surface area contributed by atoms with Gasteiger partial charge in [0.1, 0.15) is 11.8 Å². The number of aliphatic hydroxyl groups is 1. The van der Waals surface area contributed by atoms with Gasteiger partial charge >= 0.3 is 0 Å². The van der Waals surface area contributed by atoms with Crippen molar-refractivity contribution >= 4 is 46.1 Å². The number of hydrogen-bond acceptors (Lipinski definition) is 11. The van der Waals surface area contributed by atoms with Crippen molar-refractivity contribution in [3.8, 4) is 5.75 Å². The van der Waals surface area contributed by atoms with E-state index >= 15 is 0 Å². The molecule has 0 radical (unpaired) electrons. The number of anilines is 1. The van der Waals surface area contributed by atoms with E-state index in [9.17, 15) is 33.9 Å². The van der Waals surface area contributed by atoms with Crippen LogP contribution in [0.2, 0.25) is 0 Å². The summed E-state index contributed by atoms with van der Waals surface area (Å²) in [6, 6.07) is 13.9. The van der Waals surface area contributed by atoms with E-state index in [1.54, 1.807) is 31.2 Å². The van der Waals surface area contributed by atoms with Gasteiger partial charge in [0.15, 0.2) is 6.23 Å². The van der Waals surface area contributed by atoms with Crippen molar-refractivity contribution < 1.29 is 38.6 Å². The molecule has 2 unspecified atom stereocenters. The second kappa shape index (κ2) is 19.3. The van der Waals surface area contributed by atoms with Gasteiger partial charge in [-0.15, -0.1) is 0 Å². The van der Waals surface area contributed by atoms with Crippen LogP contribution < -0.4 is 31.6 Å². The van der Waals surface area contributed by atoms with Crippen molar-refractivity contribution in [1.29, 1.82) is 0 Å². The van der Waals surface area contributed by atoms with E-state index in [-0.39, 0.29) is 62.4 Å². The minimum Gasteiger partial charge on any atom is -0.496 e. The number of aromatic nitrogens is 2. The fourth-order valence-corrected chi connectivity index (χ4v) is 9.16. The minimum atomic E-state index is -1.34. The lowest BCUT2D eigenvalue weighted by molar-refractivity contribution is -0.139. The van der Waals surface area contributed by atoms with Gasteiger partial charge in [-0.25, -0.2) is 0 Å². The molecule has 3 aliphatic rings. The van der Waals surface area contributed by atoms with Crippen LogP contribution in [0.1, 0.15) is 94.5 Å². The van der Waals surface area contributed by atoms with Crippen LogP contribution in [0.4, 0.5) is 5.69 Å². The topological polar surface area (TPSA) is 216 Å². The smallest absolute Gasteiger partial charge is 0.257 e. The Bertz CT molecular complexity index is 2400. The second-order valence-electron chi connectivity index (χ2n) is 16.2. The number of amides is 5. The molecular formula is C45H56N8O9. The summed E-state index contributed by atoms with van der Waals surface area (Å²) >= 11 is 0. The number of fused-ring (bicyclic) bond motifs is 2. The number of piperidine rings is 2.